The van der Waals surface area contributed by atoms with Crippen LogP contribution < -0.4 is 4.90 Å². The van der Waals surface area contributed by atoms with Gasteiger partial charge in [-0.05, 0) is 18.6 Å². The van der Waals surface area contributed by atoms with Gasteiger partial charge in [0.05, 0.1) is 19.1 Å². The lowest BCUT2D eigenvalue weighted by Crippen LogP contribution is -2.43. The topological polar surface area (TPSA) is 65.9 Å². The molecule has 6 heteroatoms. The van der Waals surface area contributed by atoms with Crippen molar-refractivity contribution in [2.45, 2.75) is 13.8 Å². The molecule has 1 aliphatic heterocycles. The molecule has 1 aromatic heterocycles. The zero-order valence-electron chi connectivity index (χ0n) is 13.4. The first-order chi connectivity index (χ1) is 10.6. The number of hydrogen-bond acceptors (Lipinski definition) is 5. The van der Waals surface area contributed by atoms with E-state index in [0.29, 0.717) is 6.54 Å². The Morgan fingerprint density at radius 2 is 2.23 bits per heavy atom. The third-order valence-corrected chi connectivity index (χ3v) is 3.99. The summed E-state index contributed by atoms with van der Waals surface area (Å²) in [4.78, 5) is 20.1. The van der Waals surface area contributed by atoms with Crippen LogP contribution in [0.3, 0.4) is 0 Å². The van der Waals surface area contributed by atoms with E-state index in [1.165, 1.54) is 0 Å². The van der Waals surface area contributed by atoms with Crippen molar-refractivity contribution in [1.29, 1.82) is 0 Å². The number of pyridine rings is 1. The summed E-state index contributed by atoms with van der Waals surface area (Å²) >= 11 is 0. The molecule has 1 aromatic rings. The molecule has 2 heterocycles. The van der Waals surface area contributed by atoms with E-state index in [4.69, 9.17) is 4.74 Å². The number of hydrogen-bond donors (Lipinski definition) is 1. The standard InChI is InChI=1S/C16H25N3O3/c1-13-4-3-5-17-15(13)19(12-14(2)16(20)21)7-6-18-8-10-22-11-9-18/h3-5,14H,6-12H2,1-2H3,(H,20,21). The number of aliphatic carboxylic acids is 1. The molecular weight excluding hydrogens is 282 g/mol. The van der Waals surface area contributed by atoms with Crippen LogP contribution in [-0.2, 0) is 9.53 Å². The Kier molecular flexibility index (Phi) is 6.15. The summed E-state index contributed by atoms with van der Waals surface area (Å²) < 4.78 is 5.36. The van der Waals surface area contributed by atoms with Gasteiger partial charge >= 0.3 is 5.97 Å². The van der Waals surface area contributed by atoms with Crippen molar-refractivity contribution in [2.24, 2.45) is 5.92 Å². The highest BCUT2D eigenvalue weighted by Crippen LogP contribution is 2.17. The second-order valence-electron chi connectivity index (χ2n) is 5.78. The van der Waals surface area contributed by atoms with Gasteiger partial charge in [0.15, 0.2) is 0 Å². The zero-order valence-corrected chi connectivity index (χ0v) is 13.4. The van der Waals surface area contributed by atoms with Crippen molar-refractivity contribution in [3.8, 4) is 0 Å². The fourth-order valence-electron chi connectivity index (χ4n) is 2.59. The smallest absolute Gasteiger partial charge is 0.308 e. The van der Waals surface area contributed by atoms with E-state index in [-0.39, 0.29) is 0 Å². The van der Waals surface area contributed by atoms with Gasteiger partial charge in [-0.25, -0.2) is 4.98 Å². The van der Waals surface area contributed by atoms with Gasteiger partial charge in [-0.3, -0.25) is 9.69 Å². The van der Waals surface area contributed by atoms with Crippen molar-refractivity contribution in [3.63, 3.8) is 0 Å². The molecule has 2 rings (SSSR count). The first kappa shape index (κ1) is 16.7. The number of anilines is 1. The van der Waals surface area contributed by atoms with E-state index in [2.05, 4.69) is 14.8 Å². The predicted octanol–water partition coefficient (Wildman–Crippen LogP) is 1.25. The van der Waals surface area contributed by atoms with Crippen LogP contribution in [-0.4, -0.2) is 66.9 Å². The van der Waals surface area contributed by atoms with Crippen LogP contribution in [0, 0.1) is 12.8 Å². The monoisotopic (exact) mass is 307 g/mol. The Hall–Kier alpha value is -1.66. The number of ether oxygens (including phenoxy) is 1. The van der Waals surface area contributed by atoms with Crippen LogP contribution >= 0.6 is 0 Å². The van der Waals surface area contributed by atoms with Gasteiger partial charge in [-0.1, -0.05) is 13.0 Å². The maximum absolute atomic E-state index is 11.2. The third kappa shape index (κ3) is 4.68. The second kappa shape index (κ2) is 8.10. The lowest BCUT2D eigenvalue weighted by atomic mass is 10.1. The average molecular weight is 307 g/mol. The average Bonchev–Trinajstić information content (AvgIpc) is 2.53. The van der Waals surface area contributed by atoms with E-state index < -0.39 is 11.9 Å². The summed E-state index contributed by atoms with van der Waals surface area (Å²) in [5.41, 5.74) is 1.07. The molecule has 0 radical (unpaired) electrons. The summed E-state index contributed by atoms with van der Waals surface area (Å²) in [5.74, 6) is -0.320. The Bertz CT molecular complexity index is 489. The quantitative estimate of drug-likeness (QED) is 0.818. The predicted molar refractivity (Wildman–Crippen MR) is 85.2 cm³/mol. The molecule has 0 saturated carbocycles. The molecule has 22 heavy (non-hydrogen) atoms. The van der Waals surface area contributed by atoms with Crippen LogP contribution in [0.25, 0.3) is 0 Å². The molecule has 1 fully saturated rings. The minimum atomic E-state index is -0.773. The Labute approximate surface area is 131 Å². The fourth-order valence-corrected chi connectivity index (χ4v) is 2.59. The highest BCUT2D eigenvalue weighted by Gasteiger charge is 2.20. The summed E-state index contributed by atoms with van der Waals surface area (Å²) in [6.45, 7) is 9.30. The molecule has 0 spiro atoms. The maximum Gasteiger partial charge on any atom is 0.308 e. The van der Waals surface area contributed by atoms with Crippen LogP contribution in [0.1, 0.15) is 12.5 Å². The highest BCUT2D eigenvalue weighted by atomic mass is 16.5. The van der Waals surface area contributed by atoms with Crippen molar-refractivity contribution in [1.82, 2.24) is 9.88 Å². The van der Waals surface area contributed by atoms with Gasteiger partial charge in [0.2, 0.25) is 0 Å². The zero-order chi connectivity index (χ0) is 15.9. The van der Waals surface area contributed by atoms with Gasteiger partial charge in [-0.2, -0.15) is 0 Å². The van der Waals surface area contributed by atoms with E-state index in [1.807, 2.05) is 19.1 Å². The number of aryl methyl sites for hydroxylation is 1. The number of aromatic nitrogens is 1. The fraction of sp³-hybridized carbons (Fsp3) is 0.625. The van der Waals surface area contributed by atoms with Gasteiger partial charge < -0.3 is 14.7 Å². The number of nitrogens with zero attached hydrogens (tertiary/aromatic N) is 3. The summed E-state index contributed by atoms with van der Waals surface area (Å²) in [7, 11) is 0. The minimum Gasteiger partial charge on any atom is -0.481 e. The van der Waals surface area contributed by atoms with E-state index >= 15 is 0 Å². The van der Waals surface area contributed by atoms with E-state index in [1.54, 1.807) is 13.1 Å². The molecule has 0 bridgehead atoms. The van der Waals surface area contributed by atoms with Gasteiger partial charge in [0, 0.05) is 38.9 Å². The molecule has 0 aliphatic carbocycles. The molecule has 1 unspecified atom stereocenters. The molecular formula is C16H25N3O3. The SMILES string of the molecule is Cc1cccnc1N(CCN1CCOCC1)CC(C)C(=O)O. The van der Waals surface area contributed by atoms with Crippen LogP contribution in [0.4, 0.5) is 5.82 Å². The molecule has 0 amide bonds. The normalized spacial score (nSPS) is 17.2. The lowest BCUT2D eigenvalue weighted by molar-refractivity contribution is -0.140. The largest absolute Gasteiger partial charge is 0.481 e. The molecule has 0 aromatic carbocycles. The highest BCUT2D eigenvalue weighted by molar-refractivity contribution is 5.70. The van der Waals surface area contributed by atoms with Gasteiger partial charge in [0.25, 0.3) is 0 Å². The Morgan fingerprint density at radius 1 is 1.50 bits per heavy atom. The van der Waals surface area contributed by atoms with Gasteiger partial charge in [-0.15, -0.1) is 0 Å². The number of morpholine rings is 1. The number of rotatable bonds is 7. The molecule has 122 valence electrons. The number of carboxylic acid groups (broad SMARTS) is 1. The molecule has 1 atom stereocenters. The summed E-state index contributed by atoms with van der Waals surface area (Å²) in [6, 6.07) is 3.91. The van der Waals surface area contributed by atoms with Crippen molar-refractivity contribution in [2.75, 3.05) is 50.8 Å². The summed E-state index contributed by atoms with van der Waals surface area (Å²) in [5, 5.41) is 9.19. The van der Waals surface area contributed by atoms with Crippen molar-refractivity contribution >= 4 is 11.8 Å². The van der Waals surface area contributed by atoms with Crippen LogP contribution in [0.2, 0.25) is 0 Å². The van der Waals surface area contributed by atoms with Crippen molar-refractivity contribution in [3.05, 3.63) is 23.9 Å². The lowest BCUT2D eigenvalue weighted by Gasteiger charge is -2.32. The van der Waals surface area contributed by atoms with Crippen LogP contribution in [0.15, 0.2) is 18.3 Å². The third-order valence-electron chi connectivity index (χ3n) is 3.99. The maximum atomic E-state index is 11.2. The van der Waals surface area contributed by atoms with Gasteiger partial charge in [0.1, 0.15) is 5.82 Å². The molecule has 1 N–H and O–H groups in total. The van der Waals surface area contributed by atoms with E-state index in [9.17, 15) is 9.90 Å². The number of carboxylic acids is 1. The van der Waals surface area contributed by atoms with Crippen LogP contribution in [0.5, 0.6) is 0 Å². The first-order valence-corrected chi connectivity index (χ1v) is 7.77. The first-order valence-electron chi connectivity index (χ1n) is 7.77. The summed E-state index contributed by atoms with van der Waals surface area (Å²) in [6.07, 6.45) is 1.76. The number of carbonyl (C=O) groups is 1. The Morgan fingerprint density at radius 3 is 2.86 bits per heavy atom. The second-order valence-corrected chi connectivity index (χ2v) is 5.78. The Balaban J connectivity index is 2.04. The minimum absolute atomic E-state index is 0.425. The molecule has 1 aliphatic rings. The molecule has 6 nitrogen and oxygen atoms in total. The van der Waals surface area contributed by atoms with Crippen molar-refractivity contribution < 1.29 is 14.6 Å². The molecule has 1 saturated heterocycles. The van der Waals surface area contributed by atoms with E-state index in [0.717, 1.165) is 50.8 Å².